The van der Waals surface area contributed by atoms with E-state index in [2.05, 4.69) is 20.7 Å². The van der Waals surface area contributed by atoms with Gasteiger partial charge in [0.15, 0.2) is 0 Å². The number of aromatic hydroxyl groups is 1. The zero-order chi connectivity index (χ0) is 25.8. The van der Waals surface area contributed by atoms with Crippen molar-refractivity contribution in [2.75, 3.05) is 5.32 Å². The molecule has 2 aromatic heterocycles. The molecule has 1 fully saturated rings. The molecule has 1 saturated carbocycles. The third-order valence-electron chi connectivity index (χ3n) is 6.53. The van der Waals surface area contributed by atoms with Crippen LogP contribution in [0.3, 0.4) is 0 Å². The molecular weight excluding hydrogens is 473 g/mol. The highest BCUT2D eigenvalue weighted by Gasteiger charge is 2.26. The van der Waals surface area contributed by atoms with E-state index < -0.39 is 6.03 Å². The first-order valence-corrected chi connectivity index (χ1v) is 12.2. The fourth-order valence-electron chi connectivity index (χ4n) is 4.58. The van der Waals surface area contributed by atoms with Crippen LogP contribution < -0.4 is 10.6 Å². The number of phenolic OH excluding ortho intramolecular Hbond substituents is 1. The van der Waals surface area contributed by atoms with Gasteiger partial charge in [-0.05, 0) is 66.9 Å². The van der Waals surface area contributed by atoms with Crippen molar-refractivity contribution < 1.29 is 19.1 Å². The number of carbonyl (C=O) groups is 2. The van der Waals surface area contributed by atoms with Crippen molar-refractivity contribution in [2.24, 2.45) is 0 Å². The van der Waals surface area contributed by atoms with E-state index in [-0.39, 0.29) is 29.9 Å². The molecule has 4 aromatic rings. The standard InChI is InChI=1S/C28H26FN5O3/c29-21-7-5-18(6-8-21)17-31-28(37)34-25(19-3-1-2-4-19)16-24(33-34)23-15-22(9-10-26(23)35)32-27(36)20-11-13-30-14-12-20/h5-16,19,35H,1-4,17H2,(H,31,37)(H,32,36). The average molecular weight is 500 g/mol. The van der Waals surface area contributed by atoms with Gasteiger partial charge >= 0.3 is 6.03 Å². The van der Waals surface area contributed by atoms with Crippen LogP contribution in [-0.4, -0.2) is 31.8 Å². The topological polar surface area (TPSA) is 109 Å². The molecule has 0 atom stereocenters. The molecule has 0 bridgehead atoms. The van der Waals surface area contributed by atoms with Crippen LogP contribution in [0.25, 0.3) is 11.3 Å². The van der Waals surface area contributed by atoms with Gasteiger partial charge in [0.2, 0.25) is 0 Å². The molecule has 0 unspecified atom stereocenters. The number of phenols is 1. The molecule has 37 heavy (non-hydrogen) atoms. The minimum Gasteiger partial charge on any atom is -0.507 e. The van der Waals surface area contributed by atoms with Gasteiger partial charge in [-0.2, -0.15) is 9.78 Å². The molecule has 1 aliphatic carbocycles. The van der Waals surface area contributed by atoms with Crippen LogP contribution in [0.15, 0.2) is 73.1 Å². The van der Waals surface area contributed by atoms with Crippen molar-refractivity contribution in [1.82, 2.24) is 20.1 Å². The van der Waals surface area contributed by atoms with E-state index >= 15 is 0 Å². The molecule has 3 N–H and O–H groups in total. The summed E-state index contributed by atoms with van der Waals surface area (Å²) < 4.78 is 14.6. The summed E-state index contributed by atoms with van der Waals surface area (Å²) in [5.74, 6) is -0.489. The summed E-state index contributed by atoms with van der Waals surface area (Å²) in [5, 5.41) is 20.8. The predicted molar refractivity (Wildman–Crippen MR) is 137 cm³/mol. The molecule has 5 rings (SSSR count). The van der Waals surface area contributed by atoms with Crippen LogP contribution in [0.1, 0.15) is 53.2 Å². The molecule has 2 heterocycles. The van der Waals surface area contributed by atoms with E-state index in [1.807, 2.05) is 6.07 Å². The first-order valence-electron chi connectivity index (χ1n) is 12.2. The van der Waals surface area contributed by atoms with Gasteiger partial charge in [-0.25, -0.2) is 9.18 Å². The van der Waals surface area contributed by atoms with Gasteiger partial charge in [-0.3, -0.25) is 9.78 Å². The number of rotatable bonds is 6. The number of nitrogens with one attached hydrogen (secondary N) is 2. The van der Waals surface area contributed by atoms with E-state index in [0.29, 0.717) is 22.5 Å². The maximum Gasteiger partial charge on any atom is 0.342 e. The van der Waals surface area contributed by atoms with E-state index in [9.17, 15) is 19.1 Å². The van der Waals surface area contributed by atoms with Crippen LogP contribution in [0.4, 0.5) is 14.9 Å². The number of anilines is 1. The third-order valence-corrected chi connectivity index (χ3v) is 6.53. The van der Waals surface area contributed by atoms with E-state index in [1.165, 1.54) is 35.3 Å². The summed E-state index contributed by atoms with van der Waals surface area (Å²) in [7, 11) is 0. The summed E-state index contributed by atoms with van der Waals surface area (Å²) in [6, 6.07) is 15.3. The minimum atomic E-state index is -0.404. The summed E-state index contributed by atoms with van der Waals surface area (Å²) in [5.41, 5.74) is 3.30. The van der Waals surface area contributed by atoms with Crippen LogP contribution in [-0.2, 0) is 6.54 Å². The Kier molecular flexibility index (Phi) is 6.93. The van der Waals surface area contributed by atoms with Gasteiger partial charge in [0.05, 0.1) is 11.4 Å². The average Bonchev–Trinajstić information content (AvgIpc) is 3.60. The number of benzene rings is 2. The first-order chi connectivity index (χ1) is 18.0. The Morgan fingerprint density at radius 3 is 2.46 bits per heavy atom. The number of pyridine rings is 1. The minimum absolute atomic E-state index is 0.0174. The highest BCUT2D eigenvalue weighted by Crippen LogP contribution is 2.38. The lowest BCUT2D eigenvalue weighted by molar-refractivity contribution is 0.102. The second kappa shape index (κ2) is 10.6. The maximum absolute atomic E-state index is 13.2. The molecule has 1 aliphatic rings. The molecule has 2 aromatic carbocycles. The molecular formula is C28H26FN5O3. The Morgan fingerprint density at radius 1 is 1.00 bits per heavy atom. The van der Waals surface area contributed by atoms with Crippen molar-refractivity contribution in [2.45, 2.75) is 38.1 Å². The van der Waals surface area contributed by atoms with E-state index in [0.717, 1.165) is 36.9 Å². The van der Waals surface area contributed by atoms with Gasteiger partial charge in [0, 0.05) is 41.7 Å². The van der Waals surface area contributed by atoms with Gasteiger partial charge in [-0.1, -0.05) is 25.0 Å². The molecule has 9 heteroatoms. The number of halogens is 1. The van der Waals surface area contributed by atoms with Crippen molar-refractivity contribution in [3.63, 3.8) is 0 Å². The smallest absolute Gasteiger partial charge is 0.342 e. The molecule has 188 valence electrons. The number of nitrogens with zero attached hydrogens (tertiary/aromatic N) is 3. The lowest BCUT2D eigenvalue weighted by Gasteiger charge is -2.12. The largest absolute Gasteiger partial charge is 0.507 e. The van der Waals surface area contributed by atoms with Gasteiger partial charge in [-0.15, -0.1) is 0 Å². The van der Waals surface area contributed by atoms with Crippen LogP contribution in [0.2, 0.25) is 0 Å². The van der Waals surface area contributed by atoms with Crippen LogP contribution in [0, 0.1) is 5.82 Å². The SMILES string of the molecule is O=C(Nc1ccc(O)c(-c2cc(C3CCCC3)n(C(=O)NCc3ccc(F)cc3)n2)c1)c1ccncc1. The monoisotopic (exact) mass is 499 g/mol. The lowest BCUT2D eigenvalue weighted by Crippen LogP contribution is -2.30. The maximum atomic E-state index is 13.2. The number of hydrogen-bond acceptors (Lipinski definition) is 5. The quantitative estimate of drug-likeness (QED) is 0.305. The second-order valence-corrected chi connectivity index (χ2v) is 9.05. The number of hydrogen-bond donors (Lipinski definition) is 3. The first kappa shape index (κ1) is 24.2. The molecule has 2 amide bonds. The molecule has 0 spiro atoms. The fourth-order valence-corrected chi connectivity index (χ4v) is 4.58. The van der Waals surface area contributed by atoms with Crippen molar-refractivity contribution in [1.29, 1.82) is 0 Å². The van der Waals surface area contributed by atoms with Gasteiger partial charge in [0.1, 0.15) is 11.6 Å². The summed E-state index contributed by atoms with van der Waals surface area (Å²) in [6.07, 6.45) is 7.12. The zero-order valence-corrected chi connectivity index (χ0v) is 20.0. The fraction of sp³-hybridized carbons (Fsp3) is 0.214. The lowest BCUT2D eigenvalue weighted by atomic mass is 10.0. The normalized spacial score (nSPS) is 13.4. The van der Waals surface area contributed by atoms with E-state index in [4.69, 9.17) is 0 Å². The summed E-state index contributed by atoms with van der Waals surface area (Å²) >= 11 is 0. The summed E-state index contributed by atoms with van der Waals surface area (Å²) in [6.45, 7) is 0.222. The Hall–Kier alpha value is -4.53. The number of carbonyl (C=O) groups excluding carboxylic acids is 2. The van der Waals surface area contributed by atoms with Gasteiger partial charge < -0.3 is 15.7 Å². The number of amides is 2. The van der Waals surface area contributed by atoms with E-state index in [1.54, 1.807) is 36.4 Å². The Labute approximate surface area is 213 Å². The Balaban J connectivity index is 1.42. The highest BCUT2D eigenvalue weighted by molar-refractivity contribution is 6.04. The van der Waals surface area contributed by atoms with Gasteiger partial charge in [0.25, 0.3) is 5.91 Å². The highest BCUT2D eigenvalue weighted by atomic mass is 19.1. The van der Waals surface area contributed by atoms with Crippen LogP contribution in [0.5, 0.6) is 5.75 Å². The number of aromatic nitrogens is 3. The summed E-state index contributed by atoms with van der Waals surface area (Å²) in [4.78, 5) is 29.7. The second-order valence-electron chi connectivity index (χ2n) is 9.05. The van der Waals surface area contributed by atoms with Crippen molar-refractivity contribution in [3.05, 3.63) is 95.7 Å². The van der Waals surface area contributed by atoms with Crippen molar-refractivity contribution >= 4 is 17.6 Å². The van der Waals surface area contributed by atoms with Crippen molar-refractivity contribution in [3.8, 4) is 17.0 Å². The Morgan fingerprint density at radius 2 is 1.73 bits per heavy atom. The Bertz CT molecular complexity index is 1410. The molecule has 0 saturated heterocycles. The molecule has 8 nitrogen and oxygen atoms in total. The van der Waals surface area contributed by atoms with Crippen LogP contribution >= 0.6 is 0 Å². The molecule has 0 aliphatic heterocycles. The zero-order valence-electron chi connectivity index (χ0n) is 20.0. The third kappa shape index (κ3) is 5.50. The molecule has 0 radical (unpaired) electrons. The predicted octanol–water partition coefficient (Wildman–Crippen LogP) is 5.46.